The number of nitro groups is 1. The van der Waals surface area contributed by atoms with Crippen molar-refractivity contribution in [2.45, 2.75) is 13.8 Å². The normalized spacial score (nSPS) is 9.89. The fraction of sp³-hybridized carbons (Fsp3) is 0.500. The molecule has 0 fully saturated rings. The van der Waals surface area contributed by atoms with Gasteiger partial charge in [0.2, 0.25) is 11.9 Å². The molecular formula is C10H15N5O3. The lowest BCUT2D eigenvalue weighted by molar-refractivity contribution is -0.385. The minimum atomic E-state index is -0.566. The molecule has 0 aromatic carbocycles. The maximum Gasteiger partial charge on any atom is 0.305 e. The fourth-order valence-corrected chi connectivity index (χ4v) is 1.32. The standard InChI is InChI=1S/C10H15N5O3/c1-3-11-9(16)7-14(4-2)10-12-5-8(6-13-10)15(17)18/h5-6H,3-4,7H2,1-2H3,(H,11,16). The molecule has 98 valence electrons. The number of carbonyl (C=O) groups is 1. The van der Waals surface area contributed by atoms with Crippen LogP contribution in [0.25, 0.3) is 0 Å². The molecule has 0 radical (unpaired) electrons. The molecule has 8 nitrogen and oxygen atoms in total. The SMILES string of the molecule is CCNC(=O)CN(CC)c1ncc([N+](=O)[O-])cn1. The molecule has 0 bridgehead atoms. The maximum absolute atomic E-state index is 11.4. The zero-order valence-corrected chi connectivity index (χ0v) is 10.3. The maximum atomic E-state index is 11.4. The minimum absolute atomic E-state index is 0.127. The van der Waals surface area contributed by atoms with Gasteiger partial charge in [-0.25, -0.2) is 9.97 Å². The number of likely N-dealkylation sites (N-methyl/N-ethyl adjacent to an activating group) is 2. The van der Waals surface area contributed by atoms with Crippen molar-refractivity contribution in [3.05, 3.63) is 22.5 Å². The largest absolute Gasteiger partial charge is 0.355 e. The molecule has 0 saturated heterocycles. The van der Waals surface area contributed by atoms with Crippen LogP contribution >= 0.6 is 0 Å². The van der Waals surface area contributed by atoms with E-state index in [9.17, 15) is 14.9 Å². The van der Waals surface area contributed by atoms with Crippen molar-refractivity contribution in [2.24, 2.45) is 0 Å². The van der Waals surface area contributed by atoms with Crippen molar-refractivity contribution in [1.82, 2.24) is 15.3 Å². The summed E-state index contributed by atoms with van der Waals surface area (Å²) >= 11 is 0. The number of anilines is 1. The van der Waals surface area contributed by atoms with Gasteiger partial charge < -0.3 is 10.2 Å². The second-order valence-electron chi connectivity index (χ2n) is 3.47. The Morgan fingerprint density at radius 1 is 1.44 bits per heavy atom. The van der Waals surface area contributed by atoms with E-state index in [1.54, 1.807) is 4.90 Å². The molecule has 0 aliphatic carbocycles. The van der Waals surface area contributed by atoms with Crippen LogP contribution in [0.1, 0.15) is 13.8 Å². The molecule has 18 heavy (non-hydrogen) atoms. The van der Waals surface area contributed by atoms with Crippen molar-refractivity contribution in [2.75, 3.05) is 24.5 Å². The van der Waals surface area contributed by atoms with Crippen molar-refractivity contribution < 1.29 is 9.72 Å². The zero-order valence-electron chi connectivity index (χ0n) is 10.3. The van der Waals surface area contributed by atoms with Crippen molar-refractivity contribution >= 4 is 17.5 Å². The monoisotopic (exact) mass is 253 g/mol. The molecule has 0 aliphatic heterocycles. The smallest absolute Gasteiger partial charge is 0.305 e. The van der Waals surface area contributed by atoms with E-state index in [1.165, 1.54) is 0 Å². The molecule has 1 aromatic rings. The summed E-state index contributed by atoms with van der Waals surface area (Å²) in [6.07, 6.45) is 2.26. The molecule has 0 unspecified atom stereocenters. The Morgan fingerprint density at radius 2 is 2.06 bits per heavy atom. The van der Waals surface area contributed by atoms with Crippen LogP contribution in [-0.2, 0) is 4.79 Å². The average molecular weight is 253 g/mol. The van der Waals surface area contributed by atoms with Gasteiger partial charge in [-0.3, -0.25) is 14.9 Å². The summed E-state index contributed by atoms with van der Waals surface area (Å²) in [5.41, 5.74) is -0.173. The van der Waals surface area contributed by atoms with Gasteiger partial charge in [-0.2, -0.15) is 0 Å². The average Bonchev–Trinajstić information content (AvgIpc) is 2.36. The van der Waals surface area contributed by atoms with Crippen LogP contribution in [0.2, 0.25) is 0 Å². The summed E-state index contributed by atoms with van der Waals surface area (Å²) in [4.78, 5) is 30.7. The quantitative estimate of drug-likeness (QED) is 0.579. The van der Waals surface area contributed by atoms with E-state index in [0.717, 1.165) is 12.4 Å². The number of carbonyl (C=O) groups excluding carboxylic acids is 1. The molecule has 1 rings (SSSR count). The Hall–Kier alpha value is -2.25. The summed E-state index contributed by atoms with van der Waals surface area (Å²) < 4.78 is 0. The van der Waals surface area contributed by atoms with Gasteiger partial charge in [-0.1, -0.05) is 0 Å². The van der Waals surface area contributed by atoms with Gasteiger partial charge in [-0.05, 0) is 13.8 Å². The first-order chi connectivity index (χ1) is 8.58. The number of nitrogens with zero attached hydrogens (tertiary/aromatic N) is 4. The van der Waals surface area contributed by atoms with Crippen molar-refractivity contribution in [3.8, 4) is 0 Å². The van der Waals surface area contributed by atoms with E-state index >= 15 is 0 Å². The van der Waals surface area contributed by atoms with Crippen LogP contribution in [0, 0.1) is 10.1 Å². The lowest BCUT2D eigenvalue weighted by Crippen LogP contribution is -2.37. The Labute approximate surface area is 104 Å². The third kappa shape index (κ3) is 3.65. The summed E-state index contributed by atoms with van der Waals surface area (Å²) in [6.45, 7) is 4.90. The first-order valence-corrected chi connectivity index (χ1v) is 5.56. The van der Waals surface area contributed by atoms with Gasteiger partial charge in [0.15, 0.2) is 0 Å². The number of nitrogens with one attached hydrogen (secondary N) is 1. The van der Waals surface area contributed by atoms with Gasteiger partial charge in [0.05, 0.1) is 11.5 Å². The molecule has 0 atom stereocenters. The molecular weight excluding hydrogens is 238 g/mol. The summed E-state index contributed by atoms with van der Waals surface area (Å²) in [6, 6.07) is 0. The second-order valence-corrected chi connectivity index (χ2v) is 3.47. The van der Waals surface area contributed by atoms with Crippen LogP contribution in [0.15, 0.2) is 12.4 Å². The van der Waals surface area contributed by atoms with E-state index in [2.05, 4.69) is 15.3 Å². The highest BCUT2D eigenvalue weighted by atomic mass is 16.6. The second kappa shape index (κ2) is 6.48. The first-order valence-electron chi connectivity index (χ1n) is 5.56. The van der Waals surface area contributed by atoms with Crippen LogP contribution in [0.4, 0.5) is 11.6 Å². The third-order valence-electron chi connectivity index (χ3n) is 2.21. The molecule has 1 amide bonds. The number of hydrogen-bond acceptors (Lipinski definition) is 6. The number of amides is 1. The van der Waals surface area contributed by atoms with Crippen LogP contribution in [-0.4, -0.2) is 40.4 Å². The summed E-state index contributed by atoms with van der Waals surface area (Å²) in [5.74, 6) is 0.163. The highest BCUT2D eigenvalue weighted by Crippen LogP contribution is 2.11. The molecule has 8 heteroatoms. The third-order valence-corrected chi connectivity index (χ3v) is 2.21. The highest BCUT2D eigenvalue weighted by Gasteiger charge is 2.13. The van der Waals surface area contributed by atoms with E-state index in [4.69, 9.17) is 0 Å². The lowest BCUT2D eigenvalue weighted by Gasteiger charge is -2.19. The van der Waals surface area contributed by atoms with Gasteiger partial charge >= 0.3 is 5.69 Å². The lowest BCUT2D eigenvalue weighted by atomic mass is 10.4. The number of hydrogen-bond donors (Lipinski definition) is 1. The molecule has 1 heterocycles. The molecule has 1 aromatic heterocycles. The topological polar surface area (TPSA) is 101 Å². The molecule has 0 saturated carbocycles. The fourth-order valence-electron chi connectivity index (χ4n) is 1.32. The molecule has 1 N–H and O–H groups in total. The van der Waals surface area contributed by atoms with Gasteiger partial charge in [0.1, 0.15) is 12.4 Å². The van der Waals surface area contributed by atoms with Crippen LogP contribution < -0.4 is 10.2 Å². The van der Waals surface area contributed by atoms with E-state index in [0.29, 0.717) is 19.0 Å². The predicted molar refractivity (Wildman–Crippen MR) is 65.3 cm³/mol. The van der Waals surface area contributed by atoms with Crippen molar-refractivity contribution in [3.63, 3.8) is 0 Å². The Kier molecular flexibility index (Phi) is 4.97. The van der Waals surface area contributed by atoms with Gasteiger partial charge in [-0.15, -0.1) is 0 Å². The minimum Gasteiger partial charge on any atom is -0.355 e. The van der Waals surface area contributed by atoms with Gasteiger partial charge in [0.25, 0.3) is 0 Å². The highest BCUT2D eigenvalue weighted by molar-refractivity contribution is 5.80. The molecule has 0 spiro atoms. The Morgan fingerprint density at radius 3 is 2.50 bits per heavy atom. The number of aromatic nitrogens is 2. The Balaban J connectivity index is 2.76. The number of rotatable bonds is 6. The van der Waals surface area contributed by atoms with Crippen LogP contribution in [0.3, 0.4) is 0 Å². The van der Waals surface area contributed by atoms with Crippen LogP contribution in [0.5, 0.6) is 0 Å². The van der Waals surface area contributed by atoms with E-state index < -0.39 is 4.92 Å². The van der Waals surface area contributed by atoms with E-state index in [-0.39, 0.29) is 18.1 Å². The predicted octanol–water partition coefficient (Wildman–Crippen LogP) is 0.347. The molecule has 0 aliphatic rings. The first kappa shape index (κ1) is 13.8. The van der Waals surface area contributed by atoms with Crippen molar-refractivity contribution in [1.29, 1.82) is 0 Å². The summed E-state index contributed by atoms with van der Waals surface area (Å²) in [7, 11) is 0. The Bertz CT molecular complexity index is 420. The van der Waals surface area contributed by atoms with Gasteiger partial charge in [0, 0.05) is 13.1 Å². The van der Waals surface area contributed by atoms with E-state index in [1.807, 2.05) is 13.8 Å². The summed E-state index contributed by atoms with van der Waals surface area (Å²) in [5, 5.41) is 13.1. The zero-order chi connectivity index (χ0) is 13.5.